The number of benzene rings is 2. The van der Waals surface area contributed by atoms with Crippen molar-refractivity contribution in [3.63, 3.8) is 0 Å². The molecule has 2 amide bonds. The first-order chi connectivity index (χ1) is 18.8. The van der Waals surface area contributed by atoms with Crippen LogP contribution in [0.4, 0.5) is 5.69 Å². The minimum atomic E-state index is -0.410. The van der Waals surface area contributed by atoms with E-state index in [1.165, 1.54) is 11.5 Å². The summed E-state index contributed by atoms with van der Waals surface area (Å²) in [6, 6.07) is 10.7. The molecule has 1 aromatic heterocycles. The van der Waals surface area contributed by atoms with E-state index in [4.69, 9.17) is 33.7 Å². The molecule has 12 heteroatoms. The van der Waals surface area contributed by atoms with Gasteiger partial charge < -0.3 is 21.1 Å². The van der Waals surface area contributed by atoms with Crippen molar-refractivity contribution in [2.24, 2.45) is 10.7 Å². The molecule has 0 saturated carbocycles. The highest BCUT2D eigenvalue weighted by atomic mass is 35.5. The standard InChI is InChI=1S/C27H28Cl2N6O3S/c1-16-23-24(35-39-16)18-6-8-19(9-7-18)38-11-5-3-2-4-10-31-15-22(36)33-25-20(28)12-17(13-21(25)29)14-32-27(30)34-26(23)37/h3,5-9,12-13,31H,2,4,10-11,14-15H2,1H3,(H,33,36)(H3,30,32,34,37)/b5-3-. The number of aromatic nitrogens is 1. The first-order valence-corrected chi connectivity index (χ1v) is 13.8. The summed E-state index contributed by atoms with van der Waals surface area (Å²) in [4.78, 5) is 30.5. The van der Waals surface area contributed by atoms with E-state index in [2.05, 4.69) is 25.3 Å². The highest BCUT2D eigenvalue weighted by molar-refractivity contribution is 7.06. The van der Waals surface area contributed by atoms with E-state index >= 15 is 0 Å². The highest BCUT2D eigenvalue weighted by Gasteiger charge is 2.20. The Balaban J connectivity index is 1.57. The van der Waals surface area contributed by atoms with Crippen LogP contribution in [0.15, 0.2) is 53.5 Å². The minimum Gasteiger partial charge on any atom is -0.490 e. The van der Waals surface area contributed by atoms with Gasteiger partial charge in [0.05, 0.1) is 40.1 Å². The van der Waals surface area contributed by atoms with Gasteiger partial charge in [-0.25, -0.2) is 4.99 Å². The van der Waals surface area contributed by atoms with Crippen LogP contribution in [0.25, 0.3) is 11.3 Å². The normalized spacial score (nSPS) is 16.5. The largest absolute Gasteiger partial charge is 0.490 e. The number of carbonyl (C=O) groups excluding carboxylic acids is 2. The quantitative estimate of drug-likeness (QED) is 0.276. The Bertz CT molecular complexity index is 1380. The molecule has 0 atom stereocenters. The molecule has 0 spiro atoms. The van der Waals surface area contributed by atoms with Crippen molar-refractivity contribution < 1.29 is 14.3 Å². The monoisotopic (exact) mass is 586 g/mol. The fraction of sp³-hybridized carbons (Fsp3) is 0.259. The Morgan fingerprint density at radius 2 is 1.79 bits per heavy atom. The predicted molar refractivity (Wildman–Crippen MR) is 157 cm³/mol. The number of amides is 2. The van der Waals surface area contributed by atoms with Gasteiger partial charge in [-0.3, -0.25) is 14.9 Å². The zero-order valence-electron chi connectivity index (χ0n) is 21.2. The number of allylic oxidation sites excluding steroid dienone is 1. The molecular weight excluding hydrogens is 559 g/mol. The molecule has 4 aliphatic heterocycles. The van der Waals surface area contributed by atoms with Crippen LogP contribution in [-0.4, -0.2) is 41.8 Å². The molecule has 39 heavy (non-hydrogen) atoms. The molecule has 5 N–H and O–H groups in total. The summed E-state index contributed by atoms with van der Waals surface area (Å²) in [7, 11) is 0. The maximum absolute atomic E-state index is 13.1. The van der Waals surface area contributed by atoms with E-state index in [0.29, 0.717) is 41.4 Å². The zero-order chi connectivity index (χ0) is 27.8. The SMILES string of the molecule is Cc1snc2c1C(=O)NC(N)=NCc1cc(Cl)c(c(Cl)c1)NC(=O)CNCCC/C=C\COc1ccc-2cc1. The van der Waals surface area contributed by atoms with Crippen LogP contribution >= 0.6 is 34.7 Å². The average Bonchev–Trinajstić information content (AvgIpc) is 3.30. The molecule has 5 heterocycles. The molecule has 0 saturated heterocycles. The van der Waals surface area contributed by atoms with Crippen molar-refractivity contribution in [2.75, 3.05) is 25.0 Å². The van der Waals surface area contributed by atoms with E-state index in [1.807, 2.05) is 43.3 Å². The van der Waals surface area contributed by atoms with Crippen LogP contribution in [0.5, 0.6) is 5.75 Å². The summed E-state index contributed by atoms with van der Waals surface area (Å²) in [6.45, 7) is 3.17. The summed E-state index contributed by atoms with van der Waals surface area (Å²) in [5.74, 6) is -0.0250. The second-order valence-electron chi connectivity index (χ2n) is 8.73. The number of rotatable bonds is 0. The number of aliphatic imine (C=N–C) groups is 1. The Labute approximate surface area is 240 Å². The zero-order valence-corrected chi connectivity index (χ0v) is 23.6. The van der Waals surface area contributed by atoms with Gasteiger partial charge in [0.2, 0.25) is 5.91 Å². The van der Waals surface area contributed by atoms with Gasteiger partial charge in [0, 0.05) is 10.4 Å². The van der Waals surface area contributed by atoms with Crippen molar-refractivity contribution in [1.82, 2.24) is 15.0 Å². The Kier molecular flexibility index (Phi) is 9.94. The number of ether oxygens (including phenoxy) is 1. The van der Waals surface area contributed by atoms with E-state index in [1.54, 1.807) is 12.1 Å². The fourth-order valence-corrected chi connectivity index (χ4v) is 5.17. The number of carbonyl (C=O) groups is 2. The van der Waals surface area contributed by atoms with E-state index in [-0.39, 0.29) is 35.0 Å². The lowest BCUT2D eigenvalue weighted by molar-refractivity contribution is -0.115. The van der Waals surface area contributed by atoms with Gasteiger partial charge in [0.15, 0.2) is 5.96 Å². The van der Waals surface area contributed by atoms with Crippen LogP contribution in [-0.2, 0) is 11.3 Å². The molecule has 7 rings (SSSR count). The number of guanidine groups is 1. The maximum Gasteiger partial charge on any atom is 0.261 e. The highest BCUT2D eigenvalue weighted by Crippen LogP contribution is 2.32. The summed E-state index contributed by atoms with van der Waals surface area (Å²) in [6.07, 6.45) is 5.70. The topological polar surface area (TPSA) is 131 Å². The van der Waals surface area contributed by atoms with Crippen LogP contribution < -0.4 is 26.4 Å². The van der Waals surface area contributed by atoms with Gasteiger partial charge in [-0.1, -0.05) is 35.4 Å². The van der Waals surface area contributed by atoms with Gasteiger partial charge in [-0.05, 0) is 79.8 Å². The average molecular weight is 588 g/mol. The summed E-state index contributed by atoms with van der Waals surface area (Å²) < 4.78 is 10.3. The van der Waals surface area contributed by atoms with Gasteiger partial charge >= 0.3 is 0 Å². The Morgan fingerprint density at radius 1 is 1.05 bits per heavy atom. The second-order valence-corrected chi connectivity index (χ2v) is 10.5. The van der Waals surface area contributed by atoms with E-state index in [0.717, 1.165) is 23.3 Å². The molecular formula is C27H28Cl2N6O3S. The number of nitrogens with zero attached hydrogens (tertiary/aromatic N) is 2. The van der Waals surface area contributed by atoms with Gasteiger partial charge in [-0.15, -0.1) is 0 Å². The molecule has 9 nitrogen and oxygen atoms in total. The van der Waals surface area contributed by atoms with Gasteiger partial charge in [0.1, 0.15) is 12.4 Å². The Hall–Kier alpha value is -3.44. The third-order valence-corrected chi connectivity index (χ3v) is 7.13. The first kappa shape index (κ1) is 28.6. The molecule has 204 valence electrons. The van der Waals surface area contributed by atoms with Crippen LogP contribution in [0.3, 0.4) is 0 Å². The molecule has 0 fully saturated rings. The molecule has 0 aliphatic carbocycles. The molecule has 0 unspecified atom stereocenters. The Morgan fingerprint density at radius 3 is 2.54 bits per heavy atom. The third kappa shape index (κ3) is 7.79. The van der Waals surface area contributed by atoms with Crippen molar-refractivity contribution in [2.45, 2.75) is 26.3 Å². The lowest BCUT2D eigenvalue weighted by Gasteiger charge is -2.12. The number of aryl methyl sites for hydroxylation is 1. The number of anilines is 1. The molecule has 4 bridgehead atoms. The number of halogens is 2. The summed E-state index contributed by atoms with van der Waals surface area (Å²) in [5.41, 5.74) is 8.77. The summed E-state index contributed by atoms with van der Waals surface area (Å²) in [5, 5.41) is 9.02. The van der Waals surface area contributed by atoms with Crippen LogP contribution in [0.2, 0.25) is 10.0 Å². The lowest BCUT2D eigenvalue weighted by atomic mass is 10.1. The number of nitrogens with one attached hydrogen (secondary N) is 3. The van der Waals surface area contributed by atoms with E-state index in [9.17, 15) is 9.59 Å². The fourth-order valence-electron chi connectivity index (χ4n) is 3.84. The first-order valence-electron chi connectivity index (χ1n) is 12.3. The van der Waals surface area contributed by atoms with Crippen LogP contribution in [0, 0.1) is 6.92 Å². The summed E-state index contributed by atoms with van der Waals surface area (Å²) >= 11 is 14.0. The van der Waals surface area contributed by atoms with Crippen molar-refractivity contribution in [1.29, 1.82) is 0 Å². The van der Waals surface area contributed by atoms with Crippen LogP contribution in [0.1, 0.15) is 33.6 Å². The molecule has 3 aromatic rings. The lowest BCUT2D eigenvalue weighted by Crippen LogP contribution is -2.37. The van der Waals surface area contributed by atoms with Crippen molar-refractivity contribution >= 4 is 58.2 Å². The smallest absolute Gasteiger partial charge is 0.261 e. The molecule has 4 aliphatic rings. The number of hydrogen-bond acceptors (Lipinski definition) is 8. The van der Waals surface area contributed by atoms with Crippen molar-refractivity contribution in [3.05, 3.63) is 74.6 Å². The van der Waals surface area contributed by atoms with Gasteiger partial charge in [-0.2, -0.15) is 4.37 Å². The molecule has 2 aromatic carbocycles. The second kappa shape index (κ2) is 13.6. The van der Waals surface area contributed by atoms with Gasteiger partial charge in [0.25, 0.3) is 5.91 Å². The minimum absolute atomic E-state index is 0.0644. The third-order valence-electron chi connectivity index (χ3n) is 5.78. The predicted octanol–water partition coefficient (Wildman–Crippen LogP) is 4.93. The molecule has 0 radical (unpaired) electrons. The van der Waals surface area contributed by atoms with Crippen molar-refractivity contribution in [3.8, 4) is 17.0 Å². The number of nitrogens with two attached hydrogens (primary N) is 1. The maximum atomic E-state index is 13.1. The van der Waals surface area contributed by atoms with E-state index < -0.39 is 5.91 Å². The number of hydrogen-bond donors (Lipinski definition) is 4.